The fraction of sp³-hybridized carbons (Fsp3) is 0.0667. The molecule has 0 spiro atoms. The summed E-state index contributed by atoms with van der Waals surface area (Å²) in [6.45, 7) is 1.48. The van der Waals surface area contributed by atoms with Gasteiger partial charge in [0.15, 0.2) is 5.78 Å². The zero-order chi connectivity index (χ0) is 14.0. The number of ketones is 1. The second kappa shape index (κ2) is 5.24. The van der Waals surface area contributed by atoms with Crippen molar-refractivity contribution >= 4 is 23.4 Å². The minimum atomic E-state index is -1.32. The summed E-state index contributed by atoms with van der Waals surface area (Å²) < 4.78 is 0. The zero-order valence-electron chi connectivity index (χ0n) is 10.1. The molecule has 4 heteroatoms. The van der Waals surface area contributed by atoms with Gasteiger partial charge in [-0.1, -0.05) is 48.0 Å². The SMILES string of the molecule is CC(=O)c1ccccc1-c1ccc(C(=O)[O-])c(Cl)c1. The zero-order valence-corrected chi connectivity index (χ0v) is 10.9. The molecule has 0 N–H and O–H groups in total. The molecule has 0 saturated heterocycles. The molecule has 0 radical (unpaired) electrons. The van der Waals surface area contributed by atoms with Gasteiger partial charge in [0.05, 0.1) is 11.0 Å². The lowest BCUT2D eigenvalue weighted by molar-refractivity contribution is -0.255. The summed E-state index contributed by atoms with van der Waals surface area (Å²) in [6.07, 6.45) is 0. The van der Waals surface area contributed by atoms with Gasteiger partial charge in [0.25, 0.3) is 0 Å². The average Bonchev–Trinajstić information content (AvgIpc) is 2.38. The predicted molar refractivity (Wildman–Crippen MR) is 71.2 cm³/mol. The van der Waals surface area contributed by atoms with Crippen LogP contribution in [-0.2, 0) is 0 Å². The fourth-order valence-corrected chi connectivity index (χ4v) is 2.15. The van der Waals surface area contributed by atoms with Gasteiger partial charge in [0.1, 0.15) is 0 Å². The van der Waals surface area contributed by atoms with Crippen molar-refractivity contribution in [3.63, 3.8) is 0 Å². The van der Waals surface area contributed by atoms with E-state index < -0.39 is 5.97 Å². The summed E-state index contributed by atoms with van der Waals surface area (Å²) >= 11 is 5.90. The molecule has 3 nitrogen and oxygen atoms in total. The lowest BCUT2D eigenvalue weighted by Gasteiger charge is -2.10. The third-order valence-electron chi connectivity index (χ3n) is 2.81. The quantitative estimate of drug-likeness (QED) is 0.808. The van der Waals surface area contributed by atoms with Crippen LogP contribution in [0.15, 0.2) is 42.5 Å². The predicted octanol–water partition coefficient (Wildman–Crippen LogP) is 2.57. The monoisotopic (exact) mass is 273 g/mol. The number of hydrogen-bond acceptors (Lipinski definition) is 3. The number of carbonyl (C=O) groups is 2. The Morgan fingerprint density at radius 2 is 1.74 bits per heavy atom. The van der Waals surface area contributed by atoms with Crippen molar-refractivity contribution in [3.8, 4) is 11.1 Å². The van der Waals surface area contributed by atoms with E-state index in [1.807, 2.05) is 6.07 Å². The van der Waals surface area contributed by atoms with Gasteiger partial charge in [-0.15, -0.1) is 0 Å². The third-order valence-corrected chi connectivity index (χ3v) is 3.12. The molecule has 2 aromatic rings. The Morgan fingerprint density at radius 1 is 1.05 bits per heavy atom. The molecular formula is C15H10ClO3-. The van der Waals surface area contributed by atoms with E-state index in [-0.39, 0.29) is 16.4 Å². The second-order valence-electron chi connectivity index (χ2n) is 4.08. The van der Waals surface area contributed by atoms with Crippen LogP contribution >= 0.6 is 11.6 Å². The Morgan fingerprint density at radius 3 is 2.32 bits per heavy atom. The van der Waals surface area contributed by atoms with Crippen molar-refractivity contribution in [1.29, 1.82) is 0 Å². The number of carboxylic acid groups (broad SMARTS) is 1. The Hall–Kier alpha value is -2.13. The molecule has 0 atom stereocenters. The Bertz CT molecular complexity index is 662. The molecule has 0 fully saturated rings. The molecular weight excluding hydrogens is 264 g/mol. The molecule has 19 heavy (non-hydrogen) atoms. The van der Waals surface area contributed by atoms with E-state index >= 15 is 0 Å². The maximum atomic E-state index is 11.6. The van der Waals surface area contributed by atoms with Crippen LogP contribution in [0.2, 0.25) is 5.02 Å². The lowest BCUT2D eigenvalue weighted by Crippen LogP contribution is -2.22. The molecule has 0 amide bonds. The van der Waals surface area contributed by atoms with Gasteiger partial charge in [0.2, 0.25) is 0 Å². The molecule has 2 rings (SSSR count). The summed E-state index contributed by atoms with van der Waals surface area (Å²) in [4.78, 5) is 22.4. The summed E-state index contributed by atoms with van der Waals surface area (Å²) in [7, 11) is 0. The van der Waals surface area contributed by atoms with Gasteiger partial charge in [-0.2, -0.15) is 0 Å². The molecule has 0 aliphatic heterocycles. The first kappa shape index (κ1) is 13.3. The number of Topliss-reactive ketones (excluding diaryl/α,β-unsaturated/α-hetero) is 1. The van der Waals surface area contributed by atoms with Crippen molar-refractivity contribution in [1.82, 2.24) is 0 Å². The minimum absolute atomic E-state index is 0.0595. The summed E-state index contributed by atoms with van der Waals surface area (Å²) in [5.74, 6) is -1.38. The Balaban J connectivity index is 2.57. The van der Waals surface area contributed by atoms with Crippen molar-refractivity contribution < 1.29 is 14.7 Å². The maximum absolute atomic E-state index is 11.6. The summed E-state index contributed by atoms with van der Waals surface area (Å²) in [5.41, 5.74) is 1.92. The van der Waals surface area contributed by atoms with Gasteiger partial charge >= 0.3 is 0 Å². The topological polar surface area (TPSA) is 57.2 Å². The number of benzene rings is 2. The minimum Gasteiger partial charge on any atom is -0.545 e. The largest absolute Gasteiger partial charge is 0.545 e. The molecule has 0 unspecified atom stereocenters. The van der Waals surface area contributed by atoms with Crippen molar-refractivity contribution in [3.05, 3.63) is 58.6 Å². The van der Waals surface area contributed by atoms with Crippen LogP contribution in [0.1, 0.15) is 27.6 Å². The van der Waals surface area contributed by atoms with Gasteiger partial charge in [0, 0.05) is 11.1 Å². The number of hydrogen-bond donors (Lipinski definition) is 0. The summed E-state index contributed by atoms with van der Waals surface area (Å²) in [6, 6.07) is 11.6. The standard InChI is InChI=1S/C15H11ClO3/c1-9(17)11-4-2-3-5-12(11)10-6-7-13(15(18)19)14(16)8-10/h2-8H,1H3,(H,18,19)/p-1. The number of rotatable bonds is 3. The van der Waals surface area contributed by atoms with Crippen molar-refractivity contribution in [2.45, 2.75) is 6.92 Å². The van der Waals surface area contributed by atoms with Gasteiger partial charge in [-0.3, -0.25) is 4.79 Å². The van der Waals surface area contributed by atoms with Crippen LogP contribution in [0.4, 0.5) is 0 Å². The number of carboxylic acids is 1. The smallest absolute Gasteiger partial charge is 0.160 e. The second-order valence-corrected chi connectivity index (χ2v) is 4.49. The van der Waals surface area contributed by atoms with Crippen LogP contribution in [0.5, 0.6) is 0 Å². The summed E-state index contributed by atoms with van der Waals surface area (Å²) in [5, 5.41) is 10.9. The van der Waals surface area contributed by atoms with Crippen molar-refractivity contribution in [2.75, 3.05) is 0 Å². The first-order valence-corrected chi connectivity index (χ1v) is 5.99. The fourth-order valence-electron chi connectivity index (χ4n) is 1.89. The van der Waals surface area contributed by atoms with E-state index in [0.717, 1.165) is 5.56 Å². The highest BCUT2D eigenvalue weighted by atomic mass is 35.5. The molecule has 0 aliphatic carbocycles. The van der Waals surface area contributed by atoms with E-state index in [1.165, 1.54) is 19.1 Å². The van der Waals surface area contributed by atoms with Crippen LogP contribution in [0, 0.1) is 0 Å². The van der Waals surface area contributed by atoms with Crippen LogP contribution in [0.25, 0.3) is 11.1 Å². The van der Waals surface area contributed by atoms with Gasteiger partial charge < -0.3 is 9.90 Å². The highest BCUT2D eigenvalue weighted by Gasteiger charge is 2.10. The Labute approximate surface area is 115 Å². The number of aromatic carboxylic acids is 1. The molecule has 0 saturated carbocycles. The number of carbonyl (C=O) groups excluding carboxylic acids is 2. The van der Waals surface area contributed by atoms with E-state index in [1.54, 1.807) is 24.3 Å². The molecule has 0 aromatic heterocycles. The highest BCUT2D eigenvalue weighted by molar-refractivity contribution is 6.33. The molecule has 0 bridgehead atoms. The first-order valence-electron chi connectivity index (χ1n) is 5.62. The van der Waals surface area contributed by atoms with Crippen molar-refractivity contribution in [2.24, 2.45) is 0 Å². The molecule has 0 aliphatic rings. The number of halogens is 1. The van der Waals surface area contributed by atoms with E-state index in [2.05, 4.69) is 0 Å². The van der Waals surface area contributed by atoms with Crippen LogP contribution < -0.4 is 5.11 Å². The maximum Gasteiger partial charge on any atom is 0.160 e. The lowest BCUT2D eigenvalue weighted by atomic mass is 9.97. The highest BCUT2D eigenvalue weighted by Crippen LogP contribution is 2.28. The van der Waals surface area contributed by atoms with E-state index in [9.17, 15) is 14.7 Å². The third kappa shape index (κ3) is 2.66. The van der Waals surface area contributed by atoms with E-state index in [0.29, 0.717) is 11.1 Å². The normalized spacial score (nSPS) is 10.2. The molecule has 96 valence electrons. The van der Waals surface area contributed by atoms with Gasteiger partial charge in [-0.25, -0.2) is 0 Å². The molecule has 0 heterocycles. The Kier molecular flexibility index (Phi) is 3.67. The first-order chi connectivity index (χ1) is 9.00. The van der Waals surface area contributed by atoms with Crippen LogP contribution in [-0.4, -0.2) is 11.8 Å². The molecule has 2 aromatic carbocycles. The van der Waals surface area contributed by atoms with Gasteiger partial charge in [-0.05, 0) is 24.1 Å². The average molecular weight is 274 g/mol. The van der Waals surface area contributed by atoms with E-state index in [4.69, 9.17) is 11.6 Å². The van der Waals surface area contributed by atoms with Crippen LogP contribution in [0.3, 0.4) is 0 Å².